The van der Waals surface area contributed by atoms with Crippen molar-refractivity contribution in [3.05, 3.63) is 24.3 Å². The van der Waals surface area contributed by atoms with Crippen LogP contribution in [0.15, 0.2) is 23.7 Å². The van der Waals surface area contributed by atoms with Crippen molar-refractivity contribution in [1.29, 1.82) is 5.26 Å². The van der Waals surface area contributed by atoms with Gasteiger partial charge in [-0.15, -0.1) is 6.42 Å². The van der Waals surface area contributed by atoms with E-state index in [2.05, 4.69) is 25.9 Å². The van der Waals surface area contributed by atoms with Crippen LogP contribution in [-0.4, -0.2) is 22.3 Å². The highest BCUT2D eigenvalue weighted by molar-refractivity contribution is 6.09. The summed E-state index contributed by atoms with van der Waals surface area (Å²) in [5.74, 6) is 2.22. The smallest absolute Gasteiger partial charge is 0.206 e. The fraction of sp³-hybridized carbons (Fsp3) is 0.111. The molecule has 5 nitrogen and oxygen atoms in total. The molecular formula is C9H6N4O. The Bertz CT molecular complexity index is 399. The third-order valence-electron chi connectivity index (χ3n) is 1.22. The van der Waals surface area contributed by atoms with Crippen molar-refractivity contribution in [2.75, 3.05) is 6.61 Å². The second-order valence-corrected chi connectivity index (χ2v) is 2.12. The summed E-state index contributed by atoms with van der Waals surface area (Å²) in [6.45, 7) is 0.0193. The summed E-state index contributed by atoms with van der Waals surface area (Å²) in [6, 6.07) is 1.83. The van der Waals surface area contributed by atoms with Gasteiger partial charge in [-0.3, -0.25) is 9.97 Å². The van der Waals surface area contributed by atoms with Crippen molar-refractivity contribution in [3.63, 3.8) is 0 Å². The van der Waals surface area contributed by atoms with Gasteiger partial charge in [0.05, 0.1) is 6.20 Å². The Morgan fingerprint density at radius 1 is 1.64 bits per heavy atom. The van der Waals surface area contributed by atoms with Crippen LogP contribution in [0.1, 0.15) is 5.69 Å². The van der Waals surface area contributed by atoms with E-state index in [4.69, 9.17) is 11.7 Å². The fourth-order valence-corrected chi connectivity index (χ4v) is 0.680. The molecule has 1 rings (SSSR count). The number of hydrogen-bond donors (Lipinski definition) is 0. The molecule has 0 radical (unpaired) electrons. The number of rotatable bonds is 3. The highest BCUT2D eigenvalue weighted by atomic mass is 16.6. The van der Waals surface area contributed by atoms with E-state index in [1.54, 1.807) is 0 Å². The summed E-state index contributed by atoms with van der Waals surface area (Å²) in [4.78, 5) is 12.3. The highest BCUT2D eigenvalue weighted by Crippen LogP contribution is 1.94. The number of nitriles is 1. The average Bonchev–Trinajstić information content (AvgIpc) is 2.26. The molecule has 68 valence electrons. The van der Waals surface area contributed by atoms with Crippen molar-refractivity contribution in [3.8, 4) is 18.4 Å². The zero-order chi connectivity index (χ0) is 10.2. The van der Waals surface area contributed by atoms with Crippen molar-refractivity contribution in [1.82, 2.24) is 9.97 Å². The van der Waals surface area contributed by atoms with Gasteiger partial charge in [0.2, 0.25) is 5.71 Å². The minimum atomic E-state index is 0.0193. The Labute approximate surface area is 81.1 Å². The van der Waals surface area contributed by atoms with E-state index in [1.165, 1.54) is 18.6 Å². The largest absolute Gasteiger partial charge is 0.381 e. The molecule has 0 saturated heterocycles. The molecule has 0 amide bonds. The third-order valence-corrected chi connectivity index (χ3v) is 1.22. The lowest BCUT2D eigenvalue weighted by Crippen LogP contribution is -2.02. The van der Waals surface area contributed by atoms with E-state index >= 15 is 0 Å². The standard InChI is InChI=1S/C9H6N4O/c1-2-5-14-13-8(6-10)9-7-11-3-4-12-9/h1,3-4,7H,5H2. The molecule has 1 aromatic rings. The Morgan fingerprint density at radius 2 is 2.50 bits per heavy atom. The van der Waals surface area contributed by atoms with Gasteiger partial charge in [-0.05, 0) is 0 Å². The maximum Gasteiger partial charge on any atom is 0.206 e. The van der Waals surface area contributed by atoms with Crippen LogP contribution in [0.25, 0.3) is 0 Å². The highest BCUT2D eigenvalue weighted by Gasteiger charge is 2.03. The molecule has 0 unspecified atom stereocenters. The van der Waals surface area contributed by atoms with E-state index in [-0.39, 0.29) is 12.3 Å². The van der Waals surface area contributed by atoms with E-state index in [1.807, 2.05) is 6.07 Å². The predicted octanol–water partition coefficient (Wildman–Crippen LogP) is 0.354. The van der Waals surface area contributed by atoms with Crippen molar-refractivity contribution in [2.24, 2.45) is 5.16 Å². The van der Waals surface area contributed by atoms with Gasteiger partial charge in [-0.25, -0.2) is 0 Å². The van der Waals surface area contributed by atoms with Crippen LogP contribution >= 0.6 is 0 Å². The van der Waals surface area contributed by atoms with E-state index in [0.717, 1.165) is 0 Å². The maximum atomic E-state index is 8.70. The Hall–Kier alpha value is -2.40. The topological polar surface area (TPSA) is 71.2 Å². The number of oxime groups is 1. The van der Waals surface area contributed by atoms with Gasteiger partial charge in [0.1, 0.15) is 11.8 Å². The second kappa shape index (κ2) is 5.28. The number of terminal acetylenes is 1. The molecule has 0 bridgehead atoms. The SMILES string of the molecule is C#CCON=C(C#N)c1cnccn1. The monoisotopic (exact) mass is 186 g/mol. The van der Waals surface area contributed by atoms with Crippen LogP contribution in [-0.2, 0) is 4.84 Å². The maximum absolute atomic E-state index is 8.70. The lowest BCUT2D eigenvalue weighted by atomic mass is 10.3. The molecule has 1 heterocycles. The van der Waals surface area contributed by atoms with Crippen LogP contribution in [0.3, 0.4) is 0 Å². The van der Waals surface area contributed by atoms with Gasteiger partial charge in [0.15, 0.2) is 6.61 Å². The molecule has 1 aromatic heterocycles. The zero-order valence-corrected chi connectivity index (χ0v) is 7.21. The molecule has 0 aliphatic carbocycles. The van der Waals surface area contributed by atoms with Gasteiger partial charge < -0.3 is 4.84 Å². The molecule has 0 aromatic carbocycles. The fourth-order valence-electron chi connectivity index (χ4n) is 0.680. The number of aromatic nitrogens is 2. The Balaban J connectivity index is 2.80. The van der Waals surface area contributed by atoms with Crippen LogP contribution in [0.5, 0.6) is 0 Å². The van der Waals surface area contributed by atoms with Gasteiger partial charge in [0.25, 0.3) is 0 Å². The quantitative estimate of drug-likeness (QED) is 0.295. The van der Waals surface area contributed by atoms with E-state index < -0.39 is 0 Å². The van der Waals surface area contributed by atoms with Crippen LogP contribution in [0, 0.1) is 23.7 Å². The molecule has 0 atom stereocenters. The van der Waals surface area contributed by atoms with Crippen LogP contribution in [0.4, 0.5) is 0 Å². The van der Waals surface area contributed by atoms with Gasteiger partial charge in [-0.1, -0.05) is 11.1 Å². The van der Waals surface area contributed by atoms with E-state index in [0.29, 0.717) is 5.69 Å². The Kier molecular flexibility index (Phi) is 3.65. The molecule has 0 saturated carbocycles. The van der Waals surface area contributed by atoms with E-state index in [9.17, 15) is 0 Å². The van der Waals surface area contributed by atoms with Crippen molar-refractivity contribution < 1.29 is 4.84 Å². The minimum Gasteiger partial charge on any atom is -0.381 e. The summed E-state index contributed by atoms with van der Waals surface area (Å²) in [5, 5.41) is 12.2. The first-order valence-electron chi connectivity index (χ1n) is 3.68. The lowest BCUT2D eigenvalue weighted by molar-refractivity contribution is 0.180. The van der Waals surface area contributed by atoms with Crippen molar-refractivity contribution in [2.45, 2.75) is 0 Å². The molecule has 0 N–H and O–H groups in total. The lowest BCUT2D eigenvalue weighted by Gasteiger charge is -1.95. The second-order valence-electron chi connectivity index (χ2n) is 2.12. The molecule has 0 fully saturated rings. The van der Waals surface area contributed by atoms with Gasteiger partial charge >= 0.3 is 0 Å². The average molecular weight is 186 g/mol. The molecule has 0 aliphatic heterocycles. The number of hydrogen-bond acceptors (Lipinski definition) is 5. The van der Waals surface area contributed by atoms with Crippen molar-refractivity contribution >= 4 is 5.71 Å². The Morgan fingerprint density at radius 3 is 3.07 bits per heavy atom. The van der Waals surface area contributed by atoms with Gasteiger partial charge in [0, 0.05) is 12.4 Å². The third kappa shape index (κ3) is 2.58. The van der Waals surface area contributed by atoms with Gasteiger partial charge in [-0.2, -0.15) is 5.26 Å². The molecule has 14 heavy (non-hydrogen) atoms. The molecular weight excluding hydrogens is 180 g/mol. The summed E-state index contributed by atoms with van der Waals surface area (Å²) < 4.78 is 0. The molecule has 0 spiro atoms. The first-order valence-corrected chi connectivity index (χ1v) is 3.68. The number of nitrogens with zero attached hydrogens (tertiary/aromatic N) is 4. The first-order chi connectivity index (χ1) is 6.88. The predicted molar refractivity (Wildman–Crippen MR) is 49.0 cm³/mol. The molecule has 0 aliphatic rings. The summed E-state index contributed by atoms with van der Waals surface area (Å²) in [7, 11) is 0. The molecule has 5 heteroatoms. The summed E-state index contributed by atoms with van der Waals surface area (Å²) >= 11 is 0. The zero-order valence-electron chi connectivity index (χ0n) is 7.21. The van der Waals surface area contributed by atoms with Crippen LogP contribution in [0.2, 0.25) is 0 Å². The van der Waals surface area contributed by atoms with Crippen LogP contribution < -0.4 is 0 Å². The minimum absolute atomic E-state index is 0.0193. The summed E-state index contributed by atoms with van der Waals surface area (Å²) in [5.41, 5.74) is 0.403. The first kappa shape index (κ1) is 9.69. The summed E-state index contributed by atoms with van der Waals surface area (Å²) in [6.07, 6.45) is 9.32. The normalized spacial score (nSPS) is 10.0.